The molecule has 0 aliphatic carbocycles. The molecule has 0 amide bonds. The van der Waals surface area contributed by atoms with E-state index in [1.54, 1.807) is 0 Å². The van der Waals surface area contributed by atoms with E-state index < -0.39 is 0 Å². The summed E-state index contributed by atoms with van der Waals surface area (Å²) in [6.45, 7) is 4.04. The Bertz CT molecular complexity index is 554. The Hall–Kier alpha value is -1.32. The lowest BCUT2D eigenvalue weighted by atomic mass is 9.99. The first-order valence-corrected chi connectivity index (χ1v) is 7.11. The van der Waals surface area contributed by atoms with Crippen LogP contribution >= 0.6 is 15.9 Å². The highest BCUT2D eigenvalue weighted by molar-refractivity contribution is 9.10. The summed E-state index contributed by atoms with van der Waals surface area (Å²) < 4.78 is 7.04. The van der Waals surface area contributed by atoms with Gasteiger partial charge in [-0.15, -0.1) is 0 Å². The Kier molecular flexibility index (Phi) is 4.61. The molecule has 0 aliphatic heterocycles. The minimum absolute atomic E-state index is 0.0896. The summed E-state index contributed by atoms with van der Waals surface area (Å²) >= 11 is 3.50. The standard InChI is InChI=1S/C16H18BrNO/c1-11-7-3-4-8-13(11)16(12(2)18)19-15-10-6-5-9-14(15)17/h3-10,12,16H,18H2,1-2H3. The molecule has 3 heteroatoms. The molecule has 0 aliphatic rings. The second kappa shape index (κ2) is 6.22. The summed E-state index contributed by atoms with van der Waals surface area (Å²) in [4.78, 5) is 0. The number of hydrogen-bond donors (Lipinski definition) is 1. The molecule has 0 saturated carbocycles. The molecule has 0 radical (unpaired) electrons. The van der Waals surface area contributed by atoms with Crippen LogP contribution in [0.3, 0.4) is 0 Å². The number of ether oxygens (including phenoxy) is 1. The number of hydrogen-bond acceptors (Lipinski definition) is 2. The van der Waals surface area contributed by atoms with Crippen molar-refractivity contribution in [2.75, 3.05) is 0 Å². The fourth-order valence-corrected chi connectivity index (χ4v) is 2.42. The van der Waals surface area contributed by atoms with Crippen molar-refractivity contribution in [3.05, 3.63) is 64.1 Å². The normalized spacial score (nSPS) is 13.9. The summed E-state index contributed by atoms with van der Waals surface area (Å²) in [5.41, 5.74) is 8.42. The van der Waals surface area contributed by atoms with Gasteiger partial charge in [0, 0.05) is 6.04 Å². The molecule has 2 unspecified atom stereocenters. The van der Waals surface area contributed by atoms with Crippen LogP contribution in [-0.4, -0.2) is 6.04 Å². The van der Waals surface area contributed by atoms with Gasteiger partial charge in [0.15, 0.2) is 0 Å². The molecular formula is C16H18BrNO. The second-order valence-corrected chi connectivity index (χ2v) is 5.54. The van der Waals surface area contributed by atoms with Gasteiger partial charge in [-0.05, 0) is 53.0 Å². The molecule has 2 nitrogen and oxygen atoms in total. The third kappa shape index (κ3) is 3.37. The van der Waals surface area contributed by atoms with Crippen molar-refractivity contribution >= 4 is 15.9 Å². The van der Waals surface area contributed by atoms with Crippen molar-refractivity contribution in [2.45, 2.75) is 26.0 Å². The number of aryl methyl sites for hydroxylation is 1. The average Bonchev–Trinajstić information content (AvgIpc) is 2.38. The lowest BCUT2D eigenvalue weighted by molar-refractivity contribution is 0.178. The minimum atomic E-state index is -0.153. The summed E-state index contributed by atoms with van der Waals surface area (Å²) in [5.74, 6) is 0.813. The number of rotatable bonds is 4. The minimum Gasteiger partial charge on any atom is -0.483 e. The van der Waals surface area contributed by atoms with E-state index in [0.29, 0.717) is 0 Å². The van der Waals surface area contributed by atoms with Crippen molar-refractivity contribution in [1.82, 2.24) is 0 Å². The van der Waals surface area contributed by atoms with Crippen molar-refractivity contribution in [1.29, 1.82) is 0 Å². The average molecular weight is 320 g/mol. The first-order chi connectivity index (χ1) is 9.09. The van der Waals surface area contributed by atoms with E-state index in [-0.39, 0.29) is 12.1 Å². The smallest absolute Gasteiger partial charge is 0.139 e. The van der Waals surface area contributed by atoms with Crippen molar-refractivity contribution in [3.8, 4) is 5.75 Å². The van der Waals surface area contributed by atoms with Crippen molar-refractivity contribution in [3.63, 3.8) is 0 Å². The highest BCUT2D eigenvalue weighted by Crippen LogP contribution is 2.31. The molecule has 2 atom stereocenters. The maximum absolute atomic E-state index is 6.10. The van der Waals surface area contributed by atoms with Crippen LogP contribution in [0.1, 0.15) is 24.2 Å². The molecule has 2 N–H and O–H groups in total. The van der Waals surface area contributed by atoms with Crippen molar-refractivity contribution < 1.29 is 4.74 Å². The second-order valence-electron chi connectivity index (χ2n) is 4.68. The molecule has 0 saturated heterocycles. The first-order valence-electron chi connectivity index (χ1n) is 6.32. The largest absolute Gasteiger partial charge is 0.483 e. The van der Waals surface area contributed by atoms with E-state index in [0.717, 1.165) is 15.8 Å². The fourth-order valence-electron chi connectivity index (χ4n) is 2.04. The van der Waals surface area contributed by atoms with Gasteiger partial charge in [-0.25, -0.2) is 0 Å². The summed E-state index contributed by atoms with van der Waals surface area (Å²) in [5, 5.41) is 0. The van der Waals surface area contributed by atoms with Crippen LogP contribution in [0, 0.1) is 6.92 Å². The van der Waals surface area contributed by atoms with Gasteiger partial charge in [0.05, 0.1) is 4.47 Å². The Labute approximate surface area is 122 Å². The molecule has 0 fully saturated rings. The molecule has 100 valence electrons. The van der Waals surface area contributed by atoms with E-state index in [4.69, 9.17) is 10.5 Å². The third-order valence-corrected chi connectivity index (χ3v) is 3.72. The van der Waals surface area contributed by atoms with E-state index >= 15 is 0 Å². The number of nitrogens with two attached hydrogens (primary N) is 1. The van der Waals surface area contributed by atoms with Crippen LogP contribution in [0.4, 0.5) is 0 Å². The van der Waals surface area contributed by atoms with Gasteiger partial charge in [-0.1, -0.05) is 36.4 Å². The van der Waals surface area contributed by atoms with E-state index in [1.807, 2.05) is 43.3 Å². The Morgan fingerprint density at radius 1 is 1.05 bits per heavy atom. The maximum Gasteiger partial charge on any atom is 0.139 e. The van der Waals surface area contributed by atoms with Crippen LogP contribution in [0.25, 0.3) is 0 Å². The zero-order valence-corrected chi connectivity index (χ0v) is 12.7. The van der Waals surface area contributed by atoms with Crippen LogP contribution in [0.5, 0.6) is 5.75 Å². The number of para-hydroxylation sites is 1. The van der Waals surface area contributed by atoms with Gasteiger partial charge < -0.3 is 10.5 Å². The van der Waals surface area contributed by atoms with Gasteiger partial charge >= 0.3 is 0 Å². The van der Waals surface area contributed by atoms with Crippen LogP contribution in [-0.2, 0) is 0 Å². The zero-order chi connectivity index (χ0) is 13.8. The van der Waals surface area contributed by atoms with Crippen LogP contribution in [0.15, 0.2) is 53.0 Å². The topological polar surface area (TPSA) is 35.2 Å². The molecule has 0 aromatic heterocycles. The highest BCUT2D eigenvalue weighted by atomic mass is 79.9. The summed E-state index contributed by atoms with van der Waals surface area (Å²) in [6, 6.07) is 15.9. The SMILES string of the molecule is Cc1ccccc1C(Oc1ccccc1Br)C(C)N. The first kappa shape index (κ1) is 14.1. The fraction of sp³-hybridized carbons (Fsp3) is 0.250. The van der Waals surface area contributed by atoms with E-state index in [9.17, 15) is 0 Å². The highest BCUT2D eigenvalue weighted by Gasteiger charge is 2.20. The Balaban J connectivity index is 2.33. The predicted octanol–water partition coefficient (Wildman–Crippen LogP) is 4.22. The predicted molar refractivity (Wildman–Crippen MR) is 82.3 cm³/mol. The molecular weight excluding hydrogens is 302 g/mol. The Morgan fingerprint density at radius 2 is 1.68 bits per heavy atom. The molecule has 2 aromatic rings. The number of benzene rings is 2. The molecule has 0 spiro atoms. The monoisotopic (exact) mass is 319 g/mol. The Morgan fingerprint density at radius 3 is 2.32 bits per heavy atom. The van der Waals surface area contributed by atoms with Gasteiger partial charge in [-0.2, -0.15) is 0 Å². The molecule has 2 aromatic carbocycles. The van der Waals surface area contributed by atoms with Gasteiger partial charge in [0.2, 0.25) is 0 Å². The molecule has 19 heavy (non-hydrogen) atoms. The van der Waals surface area contributed by atoms with Crippen LogP contribution < -0.4 is 10.5 Å². The molecule has 0 heterocycles. The summed E-state index contributed by atoms with van der Waals surface area (Å²) in [7, 11) is 0. The quantitative estimate of drug-likeness (QED) is 0.915. The van der Waals surface area contributed by atoms with Gasteiger partial charge in [-0.3, -0.25) is 0 Å². The van der Waals surface area contributed by atoms with Crippen LogP contribution in [0.2, 0.25) is 0 Å². The zero-order valence-electron chi connectivity index (χ0n) is 11.1. The summed E-state index contributed by atoms with van der Waals surface area (Å²) in [6.07, 6.45) is -0.153. The van der Waals surface area contributed by atoms with Crippen molar-refractivity contribution in [2.24, 2.45) is 5.73 Å². The molecule has 2 rings (SSSR count). The lowest BCUT2D eigenvalue weighted by Gasteiger charge is -2.25. The molecule has 0 bridgehead atoms. The van der Waals surface area contributed by atoms with E-state index in [2.05, 4.69) is 35.0 Å². The third-order valence-electron chi connectivity index (χ3n) is 3.06. The maximum atomic E-state index is 6.10. The van der Waals surface area contributed by atoms with Gasteiger partial charge in [0.25, 0.3) is 0 Å². The van der Waals surface area contributed by atoms with Gasteiger partial charge in [0.1, 0.15) is 11.9 Å². The van der Waals surface area contributed by atoms with E-state index in [1.165, 1.54) is 5.56 Å². The number of halogens is 1. The lowest BCUT2D eigenvalue weighted by Crippen LogP contribution is -2.29.